The lowest BCUT2D eigenvalue weighted by molar-refractivity contribution is 0.0777. The summed E-state index contributed by atoms with van der Waals surface area (Å²) in [5, 5.41) is 0. The Balaban J connectivity index is 2.20. The van der Waals surface area contributed by atoms with Crippen LogP contribution >= 0.6 is 0 Å². The van der Waals surface area contributed by atoms with Gasteiger partial charge in [-0.15, -0.1) is 0 Å². The van der Waals surface area contributed by atoms with Crippen molar-refractivity contribution in [3.8, 4) is 0 Å². The van der Waals surface area contributed by atoms with Gasteiger partial charge in [-0.3, -0.25) is 4.79 Å². The summed E-state index contributed by atoms with van der Waals surface area (Å²) in [5.41, 5.74) is -0.418. The van der Waals surface area contributed by atoms with Crippen LogP contribution in [0.4, 0.5) is 13.2 Å². The smallest absolute Gasteiger partial charge is 0.256 e. The molecule has 0 radical (unpaired) electrons. The van der Waals surface area contributed by atoms with E-state index in [1.54, 1.807) is 0 Å². The van der Waals surface area contributed by atoms with E-state index in [9.17, 15) is 18.0 Å². The predicted octanol–water partition coefficient (Wildman–Crippen LogP) is 1.88. The van der Waals surface area contributed by atoms with Crippen LogP contribution in [0.3, 0.4) is 0 Å². The van der Waals surface area contributed by atoms with E-state index in [2.05, 4.69) is 0 Å². The second-order valence-corrected chi connectivity index (χ2v) is 4.88. The van der Waals surface area contributed by atoms with Gasteiger partial charge in [-0.2, -0.15) is 0 Å². The fourth-order valence-corrected chi connectivity index (χ4v) is 2.21. The maximum Gasteiger partial charge on any atom is 0.256 e. The number of benzene rings is 1. The van der Waals surface area contributed by atoms with E-state index in [1.807, 2.05) is 19.0 Å². The highest BCUT2D eigenvalue weighted by Crippen LogP contribution is 2.20. The second kappa shape index (κ2) is 5.21. The summed E-state index contributed by atoms with van der Waals surface area (Å²) < 4.78 is 39.5. The van der Waals surface area contributed by atoms with Crippen molar-refractivity contribution in [2.24, 2.45) is 0 Å². The first kappa shape index (κ1) is 13.9. The molecule has 0 N–H and O–H groups in total. The van der Waals surface area contributed by atoms with E-state index in [1.165, 1.54) is 4.90 Å². The van der Waals surface area contributed by atoms with Crippen LogP contribution in [-0.2, 0) is 0 Å². The Morgan fingerprint density at radius 3 is 2.53 bits per heavy atom. The molecule has 1 aliphatic rings. The molecular weight excluding hydrogens is 257 g/mol. The maximum absolute atomic E-state index is 13.5. The van der Waals surface area contributed by atoms with E-state index in [4.69, 9.17) is 0 Å². The molecule has 104 valence electrons. The Labute approximate surface area is 109 Å². The van der Waals surface area contributed by atoms with Crippen molar-refractivity contribution in [3.63, 3.8) is 0 Å². The Morgan fingerprint density at radius 2 is 1.95 bits per heavy atom. The molecule has 1 unspecified atom stereocenters. The molecular formula is C13H15F3N2O. The molecule has 1 atom stereocenters. The molecule has 3 nitrogen and oxygen atoms in total. The molecule has 0 bridgehead atoms. The Bertz CT molecular complexity index is 505. The van der Waals surface area contributed by atoms with E-state index in [-0.39, 0.29) is 6.04 Å². The topological polar surface area (TPSA) is 23.6 Å². The van der Waals surface area contributed by atoms with Crippen LogP contribution in [-0.4, -0.2) is 48.9 Å². The highest BCUT2D eigenvalue weighted by atomic mass is 19.2. The van der Waals surface area contributed by atoms with Crippen molar-refractivity contribution in [2.45, 2.75) is 12.5 Å². The molecule has 19 heavy (non-hydrogen) atoms. The number of halogens is 3. The largest absolute Gasteiger partial charge is 0.337 e. The van der Waals surface area contributed by atoms with Crippen molar-refractivity contribution >= 4 is 5.91 Å². The van der Waals surface area contributed by atoms with E-state index < -0.39 is 28.9 Å². The summed E-state index contributed by atoms with van der Waals surface area (Å²) in [6.45, 7) is 0.949. The van der Waals surface area contributed by atoms with Gasteiger partial charge in [0.25, 0.3) is 5.91 Å². The number of hydrogen-bond donors (Lipinski definition) is 0. The van der Waals surface area contributed by atoms with Gasteiger partial charge in [-0.05, 0) is 32.6 Å². The quantitative estimate of drug-likeness (QED) is 0.767. The zero-order valence-electron chi connectivity index (χ0n) is 10.8. The van der Waals surface area contributed by atoms with Crippen molar-refractivity contribution in [1.29, 1.82) is 0 Å². The molecule has 1 heterocycles. The molecule has 1 amide bonds. The van der Waals surface area contributed by atoms with Gasteiger partial charge in [0.2, 0.25) is 0 Å². The minimum absolute atomic E-state index is 0.206. The molecule has 1 aromatic carbocycles. The number of rotatable bonds is 2. The summed E-state index contributed by atoms with van der Waals surface area (Å²) in [6.07, 6.45) is 0.782. The first-order chi connectivity index (χ1) is 8.91. The minimum Gasteiger partial charge on any atom is -0.337 e. The standard InChI is InChI=1S/C13H15F3N2O/c1-17(2)8-5-6-18(7-8)13(19)9-3-4-10(14)12(16)11(9)15/h3-4,8H,5-7H2,1-2H3. The number of likely N-dealkylation sites (N-methyl/N-ethyl adjacent to an activating group) is 1. The molecule has 2 rings (SSSR count). The summed E-state index contributed by atoms with van der Waals surface area (Å²) in [6, 6.07) is 1.96. The third-order valence-corrected chi connectivity index (χ3v) is 3.45. The monoisotopic (exact) mass is 272 g/mol. The molecule has 6 heteroatoms. The predicted molar refractivity (Wildman–Crippen MR) is 64.3 cm³/mol. The SMILES string of the molecule is CN(C)C1CCN(C(=O)c2ccc(F)c(F)c2F)C1. The summed E-state index contributed by atoms with van der Waals surface area (Å²) in [4.78, 5) is 15.5. The van der Waals surface area contributed by atoms with Gasteiger partial charge in [0.15, 0.2) is 17.5 Å². The molecule has 0 saturated carbocycles. The lowest BCUT2D eigenvalue weighted by Crippen LogP contribution is -2.35. The number of carbonyl (C=O) groups excluding carboxylic acids is 1. The highest BCUT2D eigenvalue weighted by molar-refractivity contribution is 5.94. The van der Waals surface area contributed by atoms with Crippen LogP contribution < -0.4 is 0 Å². The van der Waals surface area contributed by atoms with Crippen LogP contribution in [0, 0.1) is 17.5 Å². The molecule has 1 aromatic rings. The van der Waals surface area contributed by atoms with Crippen LogP contribution in [0.5, 0.6) is 0 Å². The average Bonchev–Trinajstić information content (AvgIpc) is 2.85. The zero-order chi connectivity index (χ0) is 14.2. The van der Waals surface area contributed by atoms with E-state index in [0.29, 0.717) is 13.1 Å². The van der Waals surface area contributed by atoms with Crippen LogP contribution in [0.1, 0.15) is 16.8 Å². The van der Waals surface area contributed by atoms with E-state index in [0.717, 1.165) is 18.6 Å². The van der Waals surface area contributed by atoms with Gasteiger partial charge in [0, 0.05) is 19.1 Å². The van der Waals surface area contributed by atoms with Crippen LogP contribution in [0.2, 0.25) is 0 Å². The molecule has 1 fully saturated rings. The fraction of sp³-hybridized carbons (Fsp3) is 0.462. The number of nitrogens with zero attached hydrogens (tertiary/aromatic N) is 2. The number of likely N-dealkylation sites (tertiary alicyclic amines) is 1. The highest BCUT2D eigenvalue weighted by Gasteiger charge is 2.30. The number of hydrogen-bond acceptors (Lipinski definition) is 2. The summed E-state index contributed by atoms with van der Waals surface area (Å²) in [5.74, 6) is -4.91. The van der Waals surface area contributed by atoms with Crippen molar-refractivity contribution in [2.75, 3.05) is 27.2 Å². The summed E-state index contributed by atoms with van der Waals surface area (Å²) >= 11 is 0. The van der Waals surface area contributed by atoms with Gasteiger partial charge < -0.3 is 9.80 Å². The maximum atomic E-state index is 13.5. The van der Waals surface area contributed by atoms with Crippen LogP contribution in [0.25, 0.3) is 0 Å². The van der Waals surface area contributed by atoms with Gasteiger partial charge in [0.1, 0.15) is 0 Å². The third kappa shape index (κ3) is 2.58. The Kier molecular flexibility index (Phi) is 3.80. The lowest BCUT2D eigenvalue weighted by Gasteiger charge is -2.20. The third-order valence-electron chi connectivity index (χ3n) is 3.45. The fourth-order valence-electron chi connectivity index (χ4n) is 2.21. The number of amides is 1. The average molecular weight is 272 g/mol. The molecule has 0 aliphatic carbocycles. The lowest BCUT2D eigenvalue weighted by atomic mass is 10.1. The van der Waals surface area contributed by atoms with Crippen molar-refractivity contribution < 1.29 is 18.0 Å². The van der Waals surface area contributed by atoms with E-state index >= 15 is 0 Å². The van der Waals surface area contributed by atoms with Gasteiger partial charge in [-0.25, -0.2) is 13.2 Å². The van der Waals surface area contributed by atoms with Gasteiger partial charge >= 0.3 is 0 Å². The molecule has 0 aromatic heterocycles. The minimum atomic E-state index is -1.60. The zero-order valence-corrected chi connectivity index (χ0v) is 10.8. The van der Waals surface area contributed by atoms with Gasteiger partial charge in [-0.1, -0.05) is 0 Å². The van der Waals surface area contributed by atoms with Crippen LogP contribution in [0.15, 0.2) is 12.1 Å². The molecule has 1 aliphatic heterocycles. The number of carbonyl (C=O) groups is 1. The molecule has 1 saturated heterocycles. The van der Waals surface area contributed by atoms with Crippen molar-refractivity contribution in [3.05, 3.63) is 35.1 Å². The molecule has 0 spiro atoms. The first-order valence-corrected chi connectivity index (χ1v) is 6.01. The summed E-state index contributed by atoms with van der Waals surface area (Å²) in [7, 11) is 3.80. The Morgan fingerprint density at radius 1 is 1.26 bits per heavy atom. The van der Waals surface area contributed by atoms with Gasteiger partial charge in [0.05, 0.1) is 5.56 Å². The normalized spacial score (nSPS) is 19.3. The second-order valence-electron chi connectivity index (χ2n) is 4.88. The first-order valence-electron chi connectivity index (χ1n) is 6.01. The van der Waals surface area contributed by atoms with Crippen molar-refractivity contribution in [1.82, 2.24) is 9.80 Å². The Hall–Kier alpha value is -1.56.